The van der Waals surface area contributed by atoms with Crippen LogP contribution in [0.5, 0.6) is 0 Å². The van der Waals surface area contributed by atoms with E-state index >= 15 is 0 Å². The molecule has 1 N–H and O–H groups in total. The minimum atomic E-state index is -0.628. The van der Waals surface area contributed by atoms with Crippen LogP contribution in [-0.4, -0.2) is 28.6 Å². The second kappa shape index (κ2) is 8.11. The van der Waals surface area contributed by atoms with Crippen LogP contribution in [0.3, 0.4) is 0 Å². The maximum absolute atomic E-state index is 11.7. The van der Waals surface area contributed by atoms with Crippen LogP contribution in [0, 0.1) is 0 Å². The van der Waals surface area contributed by atoms with Crippen molar-refractivity contribution in [1.29, 1.82) is 0 Å². The van der Waals surface area contributed by atoms with E-state index in [0.29, 0.717) is 5.82 Å². The fourth-order valence-electron chi connectivity index (χ4n) is 2.16. The van der Waals surface area contributed by atoms with Crippen LogP contribution in [0.2, 0.25) is 0 Å². The molecule has 0 bridgehead atoms. The Hall–Kier alpha value is -3.42. The molecule has 1 amide bonds. The summed E-state index contributed by atoms with van der Waals surface area (Å²) in [5.74, 6) is -0.414. The minimum Gasteiger partial charge on any atom is -0.459 e. The number of furan rings is 1. The molecule has 0 aliphatic heterocycles. The third kappa shape index (κ3) is 4.35. The van der Waals surface area contributed by atoms with Crippen molar-refractivity contribution < 1.29 is 23.3 Å². The van der Waals surface area contributed by atoms with Gasteiger partial charge in [0.1, 0.15) is 6.54 Å². The van der Waals surface area contributed by atoms with E-state index in [0.717, 1.165) is 12.0 Å². The highest BCUT2D eigenvalue weighted by molar-refractivity contribution is 5.93. The lowest BCUT2D eigenvalue weighted by Gasteiger charge is -2.03. The number of nitrogens with one attached hydrogen (secondary N) is 1. The van der Waals surface area contributed by atoms with Gasteiger partial charge in [0.25, 0.3) is 11.8 Å². The molecule has 0 fully saturated rings. The molecule has 3 aromatic rings. The summed E-state index contributed by atoms with van der Waals surface area (Å²) in [4.78, 5) is 27.5. The van der Waals surface area contributed by atoms with Crippen LogP contribution in [0.25, 0.3) is 11.4 Å². The van der Waals surface area contributed by atoms with Crippen LogP contribution in [0.1, 0.15) is 28.9 Å². The van der Waals surface area contributed by atoms with Crippen molar-refractivity contribution in [3.05, 3.63) is 59.9 Å². The van der Waals surface area contributed by atoms with Gasteiger partial charge in [-0.15, -0.1) is 0 Å². The van der Waals surface area contributed by atoms with Crippen molar-refractivity contribution in [2.24, 2.45) is 0 Å². The smallest absolute Gasteiger partial charge is 0.325 e. The predicted octanol–water partition coefficient (Wildman–Crippen LogP) is 2.37. The number of aromatic nitrogens is 2. The number of hydrogen-bond donors (Lipinski definition) is 1. The lowest BCUT2D eigenvalue weighted by atomic mass is 10.1. The van der Waals surface area contributed by atoms with E-state index in [1.165, 1.54) is 17.9 Å². The van der Waals surface area contributed by atoms with Gasteiger partial charge in [-0.25, -0.2) is 0 Å². The number of nitrogens with zero attached hydrogens (tertiary/aromatic N) is 2. The molecule has 134 valence electrons. The number of hydrogen-bond acceptors (Lipinski definition) is 7. The lowest BCUT2D eigenvalue weighted by molar-refractivity contribution is -0.144. The van der Waals surface area contributed by atoms with E-state index < -0.39 is 11.9 Å². The Bertz CT molecular complexity index is 869. The average molecular weight is 355 g/mol. The Labute approximate surface area is 149 Å². The van der Waals surface area contributed by atoms with Gasteiger partial charge in [-0.05, 0) is 24.1 Å². The predicted molar refractivity (Wildman–Crippen MR) is 89.9 cm³/mol. The molecular weight excluding hydrogens is 338 g/mol. The topological polar surface area (TPSA) is 107 Å². The second-order valence-electron chi connectivity index (χ2n) is 5.38. The summed E-state index contributed by atoms with van der Waals surface area (Å²) >= 11 is 0. The maximum atomic E-state index is 11.7. The van der Waals surface area contributed by atoms with Crippen molar-refractivity contribution in [3.63, 3.8) is 0 Å². The fourth-order valence-corrected chi connectivity index (χ4v) is 2.16. The van der Waals surface area contributed by atoms with E-state index in [9.17, 15) is 9.59 Å². The quantitative estimate of drug-likeness (QED) is 0.648. The van der Waals surface area contributed by atoms with Crippen molar-refractivity contribution in [1.82, 2.24) is 15.5 Å². The SMILES string of the molecule is CCc1ccc(-c2noc(COC(=O)CNC(=O)c3ccco3)n2)cc1. The molecule has 0 spiro atoms. The van der Waals surface area contributed by atoms with E-state index in [1.54, 1.807) is 6.07 Å². The number of carbonyl (C=O) groups excluding carboxylic acids is 2. The molecule has 1 aromatic carbocycles. The van der Waals surface area contributed by atoms with Crippen LogP contribution in [0.4, 0.5) is 0 Å². The molecule has 8 nitrogen and oxygen atoms in total. The van der Waals surface area contributed by atoms with Gasteiger partial charge in [-0.3, -0.25) is 9.59 Å². The van der Waals surface area contributed by atoms with Gasteiger partial charge >= 0.3 is 5.97 Å². The van der Waals surface area contributed by atoms with Gasteiger partial charge in [0, 0.05) is 5.56 Å². The third-order valence-electron chi connectivity index (χ3n) is 3.58. The first-order valence-corrected chi connectivity index (χ1v) is 8.05. The van der Waals surface area contributed by atoms with E-state index in [-0.39, 0.29) is 24.8 Å². The highest BCUT2D eigenvalue weighted by atomic mass is 16.6. The van der Waals surface area contributed by atoms with Crippen LogP contribution in [-0.2, 0) is 22.6 Å². The molecule has 0 saturated carbocycles. The average Bonchev–Trinajstić information content (AvgIpc) is 3.36. The zero-order valence-corrected chi connectivity index (χ0v) is 14.1. The van der Waals surface area contributed by atoms with Crippen LogP contribution in [0.15, 0.2) is 51.6 Å². The normalized spacial score (nSPS) is 10.5. The standard InChI is InChI=1S/C18H17N3O5/c1-2-12-5-7-13(8-6-12)17-20-15(26-21-17)11-25-16(22)10-19-18(23)14-4-3-9-24-14/h3-9H,2,10-11H2,1H3,(H,19,23). The maximum Gasteiger partial charge on any atom is 0.325 e. The Balaban J connectivity index is 1.48. The summed E-state index contributed by atoms with van der Waals surface area (Å²) in [6.07, 6.45) is 2.32. The van der Waals surface area contributed by atoms with Crippen molar-refractivity contribution in [3.8, 4) is 11.4 Å². The first-order chi connectivity index (χ1) is 12.7. The molecule has 26 heavy (non-hydrogen) atoms. The summed E-state index contributed by atoms with van der Waals surface area (Å²) in [5.41, 5.74) is 2.03. The number of carbonyl (C=O) groups is 2. The Morgan fingerprint density at radius 3 is 2.69 bits per heavy atom. The van der Waals surface area contributed by atoms with Crippen molar-refractivity contribution in [2.45, 2.75) is 20.0 Å². The monoisotopic (exact) mass is 355 g/mol. The zero-order valence-electron chi connectivity index (χ0n) is 14.1. The van der Waals surface area contributed by atoms with Gasteiger partial charge in [0.05, 0.1) is 6.26 Å². The minimum absolute atomic E-state index is 0.119. The molecule has 0 aliphatic rings. The number of benzene rings is 1. The fraction of sp³-hybridized carbons (Fsp3) is 0.222. The van der Waals surface area contributed by atoms with E-state index in [2.05, 4.69) is 22.4 Å². The summed E-state index contributed by atoms with van der Waals surface area (Å²) in [5, 5.41) is 6.26. The van der Waals surface area contributed by atoms with Gasteiger partial charge in [-0.1, -0.05) is 36.3 Å². The summed E-state index contributed by atoms with van der Waals surface area (Å²) < 4.78 is 15.0. The molecule has 0 atom stereocenters. The number of ether oxygens (including phenoxy) is 1. The van der Waals surface area contributed by atoms with Gasteiger partial charge in [-0.2, -0.15) is 4.98 Å². The van der Waals surface area contributed by atoms with E-state index in [4.69, 9.17) is 13.7 Å². The molecule has 0 saturated heterocycles. The molecule has 0 radical (unpaired) electrons. The molecule has 2 heterocycles. The number of rotatable bonds is 7. The van der Waals surface area contributed by atoms with E-state index in [1.807, 2.05) is 24.3 Å². The number of aryl methyl sites for hydroxylation is 1. The molecule has 0 unspecified atom stereocenters. The second-order valence-corrected chi connectivity index (χ2v) is 5.38. The summed E-state index contributed by atoms with van der Waals surface area (Å²) in [6, 6.07) is 10.9. The highest BCUT2D eigenvalue weighted by Gasteiger charge is 2.13. The summed E-state index contributed by atoms with van der Waals surface area (Å²) in [6.45, 7) is 1.61. The molecule has 8 heteroatoms. The Kier molecular flexibility index (Phi) is 5.43. The molecule has 0 aliphatic carbocycles. The zero-order chi connectivity index (χ0) is 18.4. The van der Waals surface area contributed by atoms with Gasteiger partial charge in [0.2, 0.25) is 5.82 Å². The molecule has 3 rings (SSSR count). The number of esters is 1. The van der Waals surface area contributed by atoms with Crippen LogP contribution >= 0.6 is 0 Å². The van der Waals surface area contributed by atoms with Crippen LogP contribution < -0.4 is 5.32 Å². The Morgan fingerprint density at radius 1 is 1.19 bits per heavy atom. The Morgan fingerprint density at radius 2 is 2.00 bits per heavy atom. The first-order valence-electron chi connectivity index (χ1n) is 8.05. The molecular formula is C18H17N3O5. The highest BCUT2D eigenvalue weighted by Crippen LogP contribution is 2.17. The van der Waals surface area contributed by atoms with Gasteiger partial charge < -0.3 is 19.0 Å². The lowest BCUT2D eigenvalue weighted by Crippen LogP contribution is -2.30. The number of amides is 1. The van der Waals surface area contributed by atoms with Gasteiger partial charge in [0.15, 0.2) is 12.4 Å². The van der Waals surface area contributed by atoms with Crippen molar-refractivity contribution in [2.75, 3.05) is 6.54 Å². The summed E-state index contributed by atoms with van der Waals surface area (Å²) in [7, 11) is 0. The molecule has 2 aromatic heterocycles. The largest absolute Gasteiger partial charge is 0.459 e. The first kappa shape index (κ1) is 17.4. The van der Waals surface area contributed by atoms with Crippen molar-refractivity contribution >= 4 is 11.9 Å². The third-order valence-corrected chi connectivity index (χ3v) is 3.58.